The van der Waals surface area contributed by atoms with E-state index in [1.165, 1.54) is 6.39 Å². The van der Waals surface area contributed by atoms with E-state index in [2.05, 4.69) is 15.6 Å². The minimum absolute atomic E-state index is 0.275. The SMILES string of the molecule is O=C(NCc1cnco1)Nc1ccccc1. The zero-order chi connectivity index (χ0) is 11.2. The quantitative estimate of drug-likeness (QED) is 0.826. The summed E-state index contributed by atoms with van der Waals surface area (Å²) in [5, 5.41) is 5.34. The molecule has 0 spiro atoms. The average Bonchev–Trinajstić information content (AvgIpc) is 2.81. The molecule has 0 saturated carbocycles. The Morgan fingerprint density at radius 2 is 2.12 bits per heavy atom. The van der Waals surface area contributed by atoms with E-state index in [1.54, 1.807) is 6.20 Å². The Kier molecular flexibility index (Phi) is 3.18. The van der Waals surface area contributed by atoms with Gasteiger partial charge in [-0.15, -0.1) is 0 Å². The van der Waals surface area contributed by atoms with E-state index in [0.717, 1.165) is 5.69 Å². The van der Waals surface area contributed by atoms with Gasteiger partial charge in [0.05, 0.1) is 12.7 Å². The summed E-state index contributed by atoms with van der Waals surface area (Å²) >= 11 is 0. The first-order valence-electron chi connectivity index (χ1n) is 4.82. The normalized spacial score (nSPS) is 9.75. The van der Waals surface area contributed by atoms with Crippen molar-refractivity contribution in [2.24, 2.45) is 0 Å². The molecule has 0 bridgehead atoms. The molecule has 0 aliphatic rings. The molecule has 82 valence electrons. The number of anilines is 1. The highest BCUT2D eigenvalue weighted by Crippen LogP contribution is 2.04. The van der Waals surface area contributed by atoms with Gasteiger partial charge in [0, 0.05) is 5.69 Å². The van der Waals surface area contributed by atoms with Gasteiger partial charge in [0.15, 0.2) is 6.39 Å². The fourth-order valence-electron chi connectivity index (χ4n) is 1.19. The molecule has 16 heavy (non-hydrogen) atoms. The maximum Gasteiger partial charge on any atom is 0.319 e. The monoisotopic (exact) mass is 217 g/mol. The molecule has 5 heteroatoms. The maximum atomic E-state index is 11.4. The average molecular weight is 217 g/mol. The summed E-state index contributed by atoms with van der Waals surface area (Å²) < 4.78 is 4.98. The summed E-state index contributed by atoms with van der Waals surface area (Å²) in [6.07, 6.45) is 2.88. The predicted molar refractivity (Wildman–Crippen MR) is 58.8 cm³/mol. The molecule has 0 radical (unpaired) electrons. The van der Waals surface area contributed by atoms with Crippen LogP contribution in [0.5, 0.6) is 0 Å². The molecule has 0 unspecified atom stereocenters. The van der Waals surface area contributed by atoms with Crippen LogP contribution in [0.4, 0.5) is 10.5 Å². The second-order valence-corrected chi connectivity index (χ2v) is 3.14. The van der Waals surface area contributed by atoms with Gasteiger partial charge in [-0.2, -0.15) is 0 Å². The van der Waals surface area contributed by atoms with Crippen LogP contribution in [-0.2, 0) is 6.54 Å². The number of nitrogens with one attached hydrogen (secondary N) is 2. The van der Waals surface area contributed by atoms with Crippen LogP contribution in [0.3, 0.4) is 0 Å². The van der Waals surface area contributed by atoms with Gasteiger partial charge < -0.3 is 15.1 Å². The van der Waals surface area contributed by atoms with Crippen molar-refractivity contribution in [1.29, 1.82) is 0 Å². The van der Waals surface area contributed by atoms with Crippen molar-refractivity contribution in [1.82, 2.24) is 10.3 Å². The van der Waals surface area contributed by atoms with Crippen molar-refractivity contribution in [3.8, 4) is 0 Å². The summed E-state index contributed by atoms with van der Waals surface area (Å²) in [5.74, 6) is 0.614. The Bertz CT molecular complexity index is 440. The molecule has 2 aromatic rings. The van der Waals surface area contributed by atoms with Crippen LogP contribution < -0.4 is 10.6 Å². The number of aromatic nitrogens is 1. The Labute approximate surface area is 92.5 Å². The highest BCUT2D eigenvalue weighted by atomic mass is 16.3. The van der Waals surface area contributed by atoms with Gasteiger partial charge in [-0.1, -0.05) is 18.2 Å². The van der Waals surface area contributed by atoms with Gasteiger partial charge >= 0.3 is 6.03 Å². The van der Waals surface area contributed by atoms with E-state index >= 15 is 0 Å². The summed E-state index contributed by atoms with van der Waals surface area (Å²) in [4.78, 5) is 15.2. The lowest BCUT2D eigenvalue weighted by molar-refractivity contribution is 0.251. The molecular formula is C11H11N3O2. The molecular weight excluding hydrogens is 206 g/mol. The lowest BCUT2D eigenvalue weighted by Crippen LogP contribution is -2.27. The molecule has 1 heterocycles. The number of rotatable bonds is 3. The van der Waals surface area contributed by atoms with Crippen LogP contribution in [0.2, 0.25) is 0 Å². The zero-order valence-corrected chi connectivity index (χ0v) is 8.51. The van der Waals surface area contributed by atoms with E-state index in [-0.39, 0.29) is 6.03 Å². The number of amides is 2. The molecule has 0 fully saturated rings. The van der Waals surface area contributed by atoms with Crippen LogP contribution in [0.25, 0.3) is 0 Å². The van der Waals surface area contributed by atoms with Crippen LogP contribution in [0, 0.1) is 0 Å². The molecule has 0 saturated heterocycles. The van der Waals surface area contributed by atoms with E-state index in [4.69, 9.17) is 4.42 Å². The number of carbonyl (C=O) groups is 1. The van der Waals surface area contributed by atoms with Gasteiger partial charge in [-0.3, -0.25) is 0 Å². The first-order valence-corrected chi connectivity index (χ1v) is 4.82. The van der Waals surface area contributed by atoms with E-state index in [0.29, 0.717) is 12.3 Å². The number of carbonyl (C=O) groups excluding carboxylic acids is 1. The van der Waals surface area contributed by atoms with Crippen molar-refractivity contribution < 1.29 is 9.21 Å². The molecule has 2 amide bonds. The van der Waals surface area contributed by atoms with Gasteiger partial charge in [-0.05, 0) is 12.1 Å². The van der Waals surface area contributed by atoms with Crippen LogP contribution in [0.1, 0.15) is 5.76 Å². The van der Waals surface area contributed by atoms with Crippen molar-refractivity contribution >= 4 is 11.7 Å². The summed E-state index contributed by atoms with van der Waals surface area (Å²) in [6, 6.07) is 8.94. The first-order chi connectivity index (χ1) is 7.84. The Balaban J connectivity index is 1.81. The lowest BCUT2D eigenvalue weighted by atomic mass is 10.3. The number of oxazole rings is 1. The highest BCUT2D eigenvalue weighted by Gasteiger charge is 2.02. The van der Waals surface area contributed by atoms with Crippen LogP contribution >= 0.6 is 0 Å². The highest BCUT2D eigenvalue weighted by molar-refractivity contribution is 5.89. The Morgan fingerprint density at radius 3 is 2.81 bits per heavy atom. The number of urea groups is 1. The number of hydrogen-bond acceptors (Lipinski definition) is 3. The van der Waals surface area contributed by atoms with E-state index in [1.807, 2.05) is 30.3 Å². The number of benzene rings is 1. The topological polar surface area (TPSA) is 67.2 Å². The molecule has 0 atom stereocenters. The fraction of sp³-hybridized carbons (Fsp3) is 0.0909. The molecule has 1 aromatic heterocycles. The summed E-state index contributed by atoms with van der Waals surface area (Å²) in [7, 11) is 0. The molecule has 0 aliphatic heterocycles. The maximum absolute atomic E-state index is 11.4. The second kappa shape index (κ2) is 4.97. The third kappa shape index (κ3) is 2.84. The third-order valence-corrected chi connectivity index (χ3v) is 1.94. The van der Waals surface area contributed by atoms with Gasteiger partial charge in [-0.25, -0.2) is 9.78 Å². The van der Waals surface area contributed by atoms with Gasteiger partial charge in [0.2, 0.25) is 0 Å². The van der Waals surface area contributed by atoms with Crippen LogP contribution in [0.15, 0.2) is 47.3 Å². The summed E-state index contributed by atoms with van der Waals surface area (Å²) in [5.41, 5.74) is 0.748. The van der Waals surface area contributed by atoms with Gasteiger partial charge in [0.1, 0.15) is 5.76 Å². The molecule has 0 aliphatic carbocycles. The van der Waals surface area contributed by atoms with Crippen molar-refractivity contribution in [2.75, 3.05) is 5.32 Å². The predicted octanol–water partition coefficient (Wildman–Crippen LogP) is 2.00. The second-order valence-electron chi connectivity index (χ2n) is 3.14. The molecule has 2 N–H and O–H groups in total. The standard InChI is InChI=1S/C11H11N3O2/c15-11(13-7-10-6-12-8-16-10)14-9-4-2-1-3-5-9/h1-6,8H,7H2,(H2,13,14,15). The van der Waals surface area contributed by atoms with Crippen molar-refractivity contribution in [2.45, 2.75) is 6.54 Å². The lowest BCUT2D eigenvalue weighted by Gasteiger charge is -2.05. The Hall–Kier alpha value is -2.30. The number of nitrogens with zero attached hydrogens (tertiary/aromatic N) is 1. The zero-order valence-electron chi connectivity index (χ0n) is 8.51. The van der Waals surface area contributed by atoms with Crippen LogP contribution in [-0.4, -0.2) is 11.0 Å². The number of hydrogen-bond donors (Lipinski definition) is 2. The number of para-hydroxylation sites is 1. The summed E-state index contributed by atoms with van der Waals surface area (Å²) in [6.45, 7) is 0.318. The largest absolute Gasteiger partial charge is 0.447 e. The minimum Gasteiger partial charge on any atom is -0.447 e. The molecule has 5 nitrogen and oxygen atoms in total. The van der Waals surface area contributed by atoms with Crippen molar-refractivity contribution in [3.05, 3.63) is 48.7 Å². The molecule has 1 aromatic carbocycles. The fourth-order valence-corrected chi connectivity index (χ4v) is 1.19. The minimum atomic E-state index is -0.275. The van der Waals surface area contributed by atoms with Crippen molar-refractivity contribution in [3.63, 3.8) is 0 Å². The first kappa shape index (κ1) is 10.2. The smallest absolute Gasteiger partial charge is 0.319 e. The Morgan fingerprint density at radius 1 is 1.31 bits per heavy atom. The van der Waals surface area contributed by atoms with E-state index < -0.39 is 0 Å². The van der Waals surface area contributed by atoms with Gasteiger partial charge in [0.25, 0.3) is 0 Å². The molecule has 2 rings (SSSR count). The third-order valence-electron chi connectivity index (χ3n) is 1.94. The van der Waals surface area contributed by atoms with E-state index in [9.17, 15) is 4.79 Å².